The van der Waals surface area contributed by atoms with Crippen LogP contribution in [-0.4, -0.2) is 7.05 Å². The van der Waals surface area contributed by atoms with Crippen molar-refractivity contribution in [3.05, 3.63) is 34.6 Å². The number of halogens is 5. The van der Waals surface area contributed by atoms with Crippen molar-refractivity contribution < 1.29 is 22.0 Å². The molecule has 17 heavy (non-hydrogen) atoms. The summed E-state index contributed by atoms with van der Waals surface area (Å²) in [7, 11) is 1.40. The molecule has 96 valence electrons. The molecular formula is C11H12F5N. The first kappa shape index (κ1) is 13.9. The van der Waals surface area contributed by atoms with Gasteiger partial charge in [-0.25, -0.2) is 22.0 Å². The van der Waals surface area contributed by atoms with Crippen LogP contribution in [0.1, 0.15) is 31.4 Å². The molecule has 0 amide bonds. The molecule has 1 N–H and O–H groups in total. The summed E-state index contributed by atoms with van der Waals surface area (Å²) < 4.78 is 65.5. The van der Waals surface area contributed by atoms with E-state index in [9.17, 15) is 22.0 Å². The summed E-state index contributed by atoms with van der Waals surface area (Å²) in [6, 6.07) is -0.899. The molecule has 0 aromatic heterocycles. The van der Waals surface area contributed by atoms with Gasteiger partial charge in [0.15, 0.2) is 23.3 Å². The van der Waals surface area contributed by atoms with Crippen LogP contribution in [0, 0.1) is 29.1 Å². The zero-order chi connectivity index (χ0) is 13.2. The highest BCUT2D eigenvalue weighted by molar-refractivity contribution is 5.27. The molecule has 0 fully saturated rings. The van der Waals surface area contributed by atoms with E-state index in [0.717, 1.165) is 0 Å². The van der Waals surface area contributed by atoms with E-state index in [1.807, 2.05) is 0 Å². The number of nitrogens with one attached hydrogen (secondary N) is 1. The Labute approximate surface area is 95.6 Å². The second-order valence-electron chi connectivity index (χ2n) is 3.61. The molecule has 0 saturated heterocycles. The van der Waals surface area contributed by atoms with E-state index >= 15 is 0 Å². The lowest BCUT2D eigenvalue weighted by Crippen LogP contribution is -2.21. The standard InChI is InChI=1S/C11H12F5N/c1-3-4-5(17-2)6-7(12)9(14)11(16)10(15)8(6)13/h5,17H,3-4H2,1-2H3. The summed E-state index contributed by atoms with van der Waals surface area (Å²) in [5.41, 5.74) is -0.800. The summed E-state index contributed by atoms with van der Waals surface area (Å²) in [5.74, 6) is -9.48. The van der Waals surface area contributed by atoms with Gasteiger partial charge in [0.2, 0.25) is 5.82 Å². The van der Waals surface area contributed by atoms with E-state index in [-0.39, 0.29) is 6.42 Å². The first-order valence-electron chi connectivity index (χ1n) is 5.14. The van der Waals surface area contributed by atoms with Gasteiger partial charge in [-0.1, -0.05) is 13.3 Å². The molecule has 0 aliphatic heterocycles. The summed E-state index contributed by atoms with van der Waals surface area (Å²) in [4.78, 5) is 0. The van der Waals surface area contributed by atoms with Crippen LogP contribution in [0.3, 0.4) is 0 Å². The summed E-state index contributed by atoms with van der Waals surface area (Å²) >= 11 is 0. The van der Waals surface area contributed by atoms with Crippen molar-refractivity contribution >= 4 is 0 Å². The topological polar surface area (TPSA) is 12.0 Å². The number of hydrogen-bond acceptors (Lipinski definition) is 1. The Kier molecular flexibility index (Phi) is 4.45. The molecule has 0 bridgehead atoms. The van der Waals surface area contributed by atoms with Gasteiger partial charge in [-0.2, -0.15) is 0 Å². The molecule has 6 heteroatoms. The van der Waals surface area contributed by atoms with Gasteiger partial charge in [-0.3, -0.25) is 0 Å². The van der Waals surface area contributed by atoms with Gasteiger partial charge in [0.05, 0.1) is 0 Å². The van der Waals surface area contributed by atoms with Crippen molar-refractivity contribution in [2.45, 2.75) is 25.8 Å². The van der Waals surface area contributed by atoms with Crippen molar-refractivity contribution in [2.24, 2.45) is 0 Å². The minimum absolute atomic E-state index is 0.273. The maximum absolute atomic E-state index is 13.4. The molecule has 1 aromatic carbocycles. The minimum atomic E-state index is -2.13. The number of hydrogen-bond donors (Lipinski definition) is 1. The van der Waals surface area contributed by atoms with Gasteiger partial charge >= 0.3 is 0 Å². The SMILES string of the molecule is CCCC(NC)c1c(F)c(F)c(F)c(F)c1F. The van der Waals surface area contributed by atoms with Gasteiger partial charge in [0, 0.05) is 11.6 Å². The van der Waals surface area contributed by atoms with Gasteiger partial charge in [0.25, 0.3) is 0 Å². The van der Waals surface area contributed by atoms with Crippen molar-refractivity contribution in [2.75, 3.05) is 7.05 Å². The van der Waals surface area contributed by atoms with Crippen LogP contribution in [0.4, 0.5) is 22.0 Å². The molecular weight excluding hydrogens is 241 g/mol. The smallest absolute Gasteiger partial charge is 0.200 e. The maximum atomic E-state index is 13.4. The second kappa shape index (κ2) is 5.44. The van der Waals surface area contributed by atoms with Crippen LogP contribution in [-0.2, 0) is 0 Å². The average Bonchev–Trinajstić information content (AvgIpc) is 2.33. The summed E-state index contributed by atoms with van der Waals surface area (Å²) in [6.45, 7) is 1.75. The molecule has 0 aliphatic carbocycles. The van der Waals surface area contributed by atoms with Gasteiger partial charge in [-0.15, -0.1) is 0 Å². The Bertz CT molecular complexity index is 390. The third-order valence-corrected chi connectivity index (χ3v) is 2.52. The highest BCUT2D eigenvalue weighted by atomic mass is 19.2. The Hall–Kier alpha value is -1.17. The summed E-state index contributed by atoms with van der Waals surface area (Å²) in [6.07, 6.45) is 0.819. The third kappa shape index (κ3) is 2.41. The second-order valence-corrected chi connectivity index (χ2v) is 3.61. The molecule has 1 atom stereocenters. The predicted octanol–water partition coefficient (Wildman–Crippen LogP) is 3.44. The maximum Gasteiger partial charge on any atom is 0.200 e. The lowest BCUT2D eigenvalue weighted by atomic mass is 10.0. The summed E-state index contributed by atoms with van der Waals surface area (Å²) in [5, 5.41) is 2.54. The first-order valence-corrected chi connectivity index (χ1v) is 5.14. The first-order chi connectivity index (χ1) is 7.95. The molecule has 1 rings (SSSR count). The predicted molar refractivity (Wildman–Crippen MR) is 52.9 cm³/mol. The Morgan fingerprint density at radius 1 is 0.882 bits per heavy atom. The molecule has 1 unspecified atom stereocenters. The molecule has 1 nitrogen and oxygen atoms in total. The highest BCUT2D eigenvalue weighted by Crippen LogP contribution is 2.29. The van der Waals surface area contributed by atoms with Crippen molar-refractivity contribution in [3.8, 4) is 0 Å². The van der Waals surface area contributed by atoms with Crippen LogP contribution in [0.25, 0.3) is 0 Å². The number of rotatable bonds is 4. The molecule has 1 aromatic rings. The van der Waals surface area contributed by atoms with Crippen molar-refractivity contribution in [3.63, 3.8) is 0 Å². The zero-order valence-electron chi connectivity index (χ0n) is 9.38. The lowest BCUT2D eigenvalue weighted by Gasteiger charge is -2.18. The van der Waals surface area contributed by atoms with Crippen LogP contribution in [0.2, 0.25) is 0 Å². The Balaban J connectivity index is 3.41. The van der Waals surface area contributed by atoms with Crippen LogP contribution >= 0.6 is 0 Å². The van der Waals surface area contributed by atoms with Gasteiger partial charge in [-0.05, 0) is 13.5 Å². The third-order valence-electron chi connectivity index (χ3n) is 2.52. The van der Waals surface area contributed by atoms with Crippen LogP contribution < -0.4 is 5.32 Å². The van der Waals surface area contributed by atoms with E-state index in [1.54, 1.807) is 6.92 Å². The van der Waals surface area contributed by atoms with Crippen molar-refractivity contribution in [1.29, 1.82) is 0 Å². The fourth-order valence-electron chi connectivity index (χ4n) is 1.65. The van der Waals surface area contributed by atoms with E-state index < -0.39 is 40.7 Å². The molecule has 0 saturated carbocycles. The Morgan fingerprint density at radius 2 is 1.29 bits per heavy atom. The normalized spacial score (nSPS) is 12.9. The molecule has 0 radical (unpaired) electrons. The zero-order valence-corrected chi connectivity index (χ0v) is 9.38. The van der Waals surface area contributed by atoms with Crippen LogP contribution in [0.15, 0.2) is 0 Å². The van der Waals surface area contributed by atoms with Gasteiger partial charge < -0.3 is 5.32 Å². The largest absolute Gasteiger partial charge is 0.313 e. The fraction of sp³-hybridized carbons (Fsp3) is 0.455. The Morgan fingerprint density at radius 3 is 1.65 bits per heavy atom. The molecule has 0 heterocycles. The monoisotopic (exact) mass is 253 g/mol. The number of benzene rings is 1. The fourth-order valence-corrected chi connectivity index (χ4v) is 1.65. The quantitative estimate of drug-likeness (QED) is 0.492. The van der Waals surface area contributed by atoms with Gasteiger partial charge in [0.1, 0.15) is 0 Å². The van der Waals surface area contributed by atoms with E-state index in [1.165, 1.54) is 7.05 Å². The van der Waals surface area contributed by atoms with E-state index in [2.05, 4.69) is 5.32 Å². The van der Waals surface area contributed by atoms with Crippen LogP contribution in [0.5, 0.6) is 0 Å². The van der Waals surface area contributed by atoms with E-state index in [4.69, 9.17) is 0 Å². The molecule has 0 spiro atoms. The highest BCUT2D eigenvalue weighted by Gasteiger charge is 2.29. The lowest BCUT2D eigenvalue weighted by molar-refractivity contribution is 0.355. The van der Waals surface area contributed by atoms with Crippen molar-refractivity contribution in [1.82, 2.24) is 5.32 Å². The molecule has 0 aliphatic rings. The minimum Gasteiger partial charge on any atom is -0.313 e. The average molecular weight is 253 g/mol. The van der Waals surface area contributed by atoms with E-state index in [0.29, 0.717) is 6.42 Å².